The fourth-order valence-corrected chi connectivity index (χ4v) is 2.37. The minimum Gasteiger partial charge on any atom is -0.482 e. The number of aliphatic carboxylic acids is 1. The monoisotopic (exact) mass is 320 g/mol. The van der Waals surface area contributed by atoms with Crippen LogP contribution in [0.15, 0.2) is 24.3 Å². The van der Waals surface area contributed by atoms with Crippen LogP contribution in [-0.4, -0.2) is 42.1 Å². The molecule has 1 aromatic carbocycles. The van der Waals surface area contributed by atoms with E-state index in [1.807, 2.05) is 0 Å². The SMILES string of the molecule is CC(C)C(NC(=O)CCN1C(=O)COc2ccccc21)C(=O)O. The van der Waals surface area contributed by atoms with Gasteiger partial charge in [0.1, 0.15) is 11.8 Å². The lowest BCUT2D eigenvalue weighted by atomic mass is 10.0. The summed E-state index contributed by atoms with van der Waals surface area (Å²) in [5, 5.41) is 11.6. The molecule has 1 aliphatic heterocycles. The van der Waals surface area contributed by atoms with Crippen molar-refractivity contribution in [3.63, 3.8) is 0 Å². The van der Waals surface area contributed by atoms with Crippen LogP contribution in [0.2, 0.25) is 0 Å². The van der Waals surface area contributed by atoms with Gasteiger partial charge in [-0.05, 0) is 18.1 Å². The number of para-hydroxylation sites is 2. The maximum absolute atomic E-state index is 12.0. The lowest BCUT2D eigenvalue weighted by Gasteiger charge is -2.29. The Morgan fingerprint density at radius 2 is 2.04 bits per heavy atom. The van der Waals surface area contributed by atoms with E-state index in [0.29, 0.717) is 11.4 Å². The molecular weight excluding hydrogens is 300 g/mol. The van der Waals surface area contributed by atoms with Gasteiger partial charge in [0.15, 0.2) is 6.61 Å². The van der Waals surface area contributed by atoms with Crippen molar-refractivity contribution in [3.05, 3.63) is 24.3 Å². The summed E-state index contributed by atoms with van der Waals surface area (Å²) in [6.45, 7) is 3.56. The van der Waals surface area contributed by atoms with Crippen molar-refractivity contribution >= 4 is 23.5 Å². The van der Waals surface area contributed by atoms with Crippen molar-refractivity contribution in [2.24, 2.45) is 5.92 Å². The van der Waals surface area contributed by atoms with Gasteiger partial charge in [-0.3, -0.25) is 9.59 Å². The van der Waals surface area contributed by atoms with Crippen LogP contribution in [0, 0.1) is 5.92 Å². The van der Waals surface area contributed by atoms with E-state index in [0.717, 1.165) is 0 Å². The molecule has 7 nitrogen and oxygen atoms in total. The molecule has 0 aromatic heterocycles. The normalized spacial score (nSPS) is 14.9. The van der Waals surface area contributed by atoms with E-state index < -0.39 is 17.9 Å². The number of benzene rings is 1. The summed E-state index contributed by atoms with van der Waals surface area (Å²) in [4.78, 5) is 36.6. The number of carboxylic acids is 1. The fourth-order valence-electron chi connectivity index (χ4n) is 2.37. The van der Waals surface area contributed by atoms with Crippen LogP contribution in [0.1, 0.15) is 20.3 Å². The zero-order valence-electron chi connectivity index (χ0n) is 13.1. The van der Waals surface area contributed by atoms with Gasteiger partial charge >= 0.3 is 5.97 Å². The van der Waals surface area contributed by atoms with Crippen LogP contribution < -0.4 is 15.0 Å². The van der Waals surface area contributed by atoms with Crippen molar-refractivity contribution < 1.29 is 24.2 Å². The average Bonchev–Trinajstić information content (AvgIpc) is 2.51. The van der Waals surface area contributed by atoms with Crippen molar-refractivity contribution in [2.75, 3.05) is 18.1 Å². The maximum atomic E-state index is 12.0. The van der Waals surface area contributed by atoms with Crippen LogP contribution in [0.3, 0.4) is 0 Å². The number of hydrogen-bond acceptors (Lipinski definition) is 4. The zero-order valence-corrected chi connectivity index (χ0v) is 13.1. The molecule has 2 N–H and O–H groups in total. The summed E-state index contributed by atoms with van der Waals surface area (Å²) in [5.41, 5.74) is 0.621. The highest BCUT2D eigenvalue weighted by molar-refractivity contribution is 5.98. The molecule has 0 fully saturated rings. The molecule has 2 amide bonds. The third-order valence-electron chi connectivity index (χ3n) is 3.62. The molecule has 0 spiro atoms. The summed E-state index contributed by atoms with van der Waals surface area (Å²) in [6, 6.07) is 6.16. The minimum atomic E-state index is -1.07. The molecule has 7 heteroatoms. The Morgan fingerprint density at radius 1 is 1.35 bits per heavy atom. The Labute approximate surface area is 134 Å². The molecule has 1 heterocycles. The summed E-state index contributed by atoms with van der Waals surface area (Å²) in [6.07, 6.45) is 0.0244. The predicted molar refractivity (Wildman–Crippen MR) is 83.3 cm³/mol. The highest BCUT2D eigenvalue weighted by atomic mass is 16.5. The van der Waals surface area contributed by atoms with Crippen LogP contribution in [0.4, 0.5) is 5.69 Å². The molecule has 1 unspecified atom stereocenters. The molecule has 0 bridgehead atoms. The molecule has 2 rings (SSSR count). The van der Waals surface area contributed by atoms with Crippen LogP contribution in [0.25, 0.3) is 0 Å². The van der Waals surface area contributed by atoms with Crippen molar-refractivity contribution in [1.29, 1.82) is 0 Å². The minimum absolute atomic E-state index is 0.0244. The second kappa shape index (κ2) is 7.13. The molecule has 0 saturated carbocycles. The number of hydrogen-bond donors (Lipinski definition) is 2. The third kappa shape index (κ3) is 4.00. The van der Waals surface area contributed by atoms with E-state index in [9.17, 15) is 14.4 Å². The van der Waals surface area contributed by atoms with Gasteiger partial charge in [-0.2, -0.15) is 0 Å². The molecular formula is C16H20N2O5. The Bertz CT molecular complexity index is 614. The number of nitrogens with zero attached hydrogens (tertiary/aromatic N) is 1. The van der Waals surface area contributed by atoms with Gasteiger partial charge in [-0.25, -0.2) is 4.79 Å². The summed E-state index contributed by atoms with van der Waals surface area (Å²) < 4.78 is 5.33. The van der Waals surface area contributed by atoms with Crippen LogP contribution >= 0.6 is 0 Å². The Balaban J connectivity index is 1.99. The topological polar surface area (TPSA) is 95.9 Å². The molecule has 23 heavy (non-hydrogen) atoms. The Hall–Kier alpha value is -2.57. The molecule has 1 aliphatic rings. The first-order valence-electron chi connectivity index (χ1n) is 7.44. The highest BCUT2D eigenvalue weighted by Gasteiger charge is 2.27. The molecule has 124 valence electrons. The number of carboxylic acid groups (broad SMARTS) is 1. The number of amides is 2. The smallest absolute Gasteiger partial charge is 0.326 e. The predicted octanol–water partition coefficient (Wildman–Crippen LogP) is 1.03. The van der Waals surface area contributed by atoms with E-state index in [1.54, 1.807) is 38.1 Å². The average molecular weight is 320 g/mol. The number of anilines is 1. The zero-order chi connectivity index (χ0) is 17.0. The molecule has 0 radical (unpaired) electrons. The van der Waals surface area contributed by atoms with E-state index >= 15 is 0 Å². The van der Waals surface area contributed by atoms with E-state index in [2.05, 4.69) is 5.32 Å². The van der Waals surface area contributed by atoms with Crippen LogP contribution in [0.5, 0.6) is 5.75 Å². The Morgan fingerprint density at radius 3 is 2.70 bits per heavy atom. The van der Waals surface area contributed by atoms with Gasteiger partial charge in [0.05, 0.1) is 5.69 Å². The number of nitrogens with one attached hydrogen (secondary N) is 1. The second-order valence-electron chi connectivity index (χ2n) is 5.68. The summed E-state index contributed by atoms with van der Waals surface area (Å²) >= 11 is 0. The van der Waals surface area contributed by atoms with Crippen molar-refractivity contribution in [2.45, 2.75) is 26.3 Å². The molecule has 0 aliphatic carbocycles. The van der Waals surface area contributed by atoms with E-state index in [4.69, 9.17) is 9.84 Å². The number of fused-ring (bicyclic) bond motifs is 1. The van der Waals surface area contributed by atoms with Gasteiger partial charge in [0, 0.05) is 13.0 Å². The molecule has 0 saturated heterocycles. The standard InChI is InChI=1S/C16H20N2O5/c1-10(2)15(16(21)22)17-13(19)7-8-18-11-5-3-4-6-12(11)23-9-14(18)20/h3-6,10,15H,7-9H2,1-2H3,(H,17,19)(H,21,22). The molecule has 1 atom stereocenters. The largest absolute Gasteiger partial charge is 0.482 e. The van der Waals surface area contributed by atoms with Gasteiger partial charge in [-0.1, -0.05) is 26.0 Å². The van der Waals surface area contributed by atoms with Gasteiger partial charge in [0.2, 0.25) is 5.91 Å². The third-order valence-corrected chi connectivity index (χ3v) is 3.62. The quantitative estimate of drug-likeness (QED) is 0.816. The van der Waals surface area contributed by atoms with Crippen molar-refractivity contribution in [3.8, 4) is 5.75 Å². The first-order chi connectivity index (χ1) is 10.9. The van der Waals surface area contributed by atoms with Crippen LogP contribution in [-0.2, 0) is 14.4 Å². The van der Waals surface area contributed by atoms with E-state index in [1.165, 1.54) is 4.90 Å². The second-order valence-corrected chi connectivity index (χ2v) is 5.68. The highest BCUT2D eigenvalue weighted by Crippen LogP contribution is 2.31. The van der Waals surface area contributed by atoms with Gasteiger partial charge in [0.25, 0.3) is 5.91 Å². The van der Waals surface area contributed by atoms with Gasteiger partial charge in [-0.15, -0.1) is 0 Å². The Kier molecular flexibility index (Phi) is 5.20. The number of ether oxygens (including phenoxy) is 1. The molecule has 1 aromatic rings. The lowest BCUT2D eigenvalue weighted by Crippen LogP contribution is -2.46. The summed E-state index contributed by atoms with van der Waals surface area (Å²) in [7, 11) is 0. The first-order valence-corrected chi connectivity index (χ1v) is 7.44. The maximum Gasteiger partial charge on any atom is 0.326 e. The van der Waals surface area contributed by atoms with E-state index in [-0.39, 0.29) is 31.4 Å². The van der Waals surface area contributed by atoms with Crippen molar-refractivity contribution in [1.82, 2.24) is 5.32 Å². The fraction of sp³-hybridized carbons (Fsp3) is 0.438. The van der Waals surface area contributed by atoms with Gasteiger partial charge < -0.3 is 20.1 Å². The lowest BCUT2D eigenvalue weighted by molar-refractivity contribution is -0.143. The number of carbonyl (C=O) groups is 3. The number of rotatable bonds is 6. The number of carbonyl (C=O) groups excluding carboxylic acids is 2. The first kappa shape index (κ1) is 16.8. The summed E-state index contributed by atoms with van der Waals surface area (Å²) in [5.74, 6) is -1.32.